The minimum Gasteiger partial charge on any atom is -0.378 e. The van der Waals surface area contributed by atoms with Crippen LogP contribution in [0, 0.1) is 0 Å². The first-order valence-corrected chi connectivity index (χ1v) is 11.3. The third-order valence-electron chi connectivity index (χ3n) is 4.74. The van der Waals surface area contributed by atoms with E-state index in [1.165, 1.54) is 18.0 Å². The van der Waals surface area contributed by atoms with Gasteiger partial charge in [-0.3, -0.25) is 4.79 Å². The number of carbonyl (C=O) groups excluding carboxylic acids is 1. The molecule has 156 valence electrons. The van der Waals surface area contributed by atoms with E-state index in [-0.39, 0.29) is 5.91 Å². The fourth-order valence-corrected chi connectivity index (χ4v) is 4.96. The van der Waals surface area contributed by atoms with Gasteiger partial charge in [-0.15, -0.1) is 0 Å². The first-order chi connectivity index (χ1) is 13.2. The lowest BCUT2D eigenvalue weighted by Gasteiger charge is -2.17. The van der Waals surface area contributed by atoms with Gasteiger partial charge in [0, 0.05) is 30.5 Å². The number of nitrogens with two attached hydrogens (primary N) is 1. The Morgan fingerprint density at radius 1 is 1.26 bits per heavy atom. The Kier molecular flexibility index (Phi) is 11.0. The van der Waals surface area contributed by atoms with E-state index in [0.29, 0.717) is 63.3 Å². The predicted molar refractivity (Wildman–Crippen MR) is 111 cm³/mol. The van der Waals surface area contributed by atoms with Gasteiger partial charge >= 0.3 is 0 Å². The summed E-state index contributed by atoms with van der Waals surface area (Å²) in [5, 5.41) is 10.8. The van der Waals surface area contributed by atoms with Crippen LogP contribution in [0.5, 0.6) is 0 Å². The summed E-state index contributed by atoms with van der Waals surface area (Å²) < 4.78 is 10.6. The fourth-order valence-electron chi connectivity index (χ4n) is 3.41. The van der Waals surface area contributed by atoms with Crippen LogP contribution in [0.1, 0.15) is 39.0 Å². The van der Waals surface area contributed by atoms with Gasteiger partial charge in [0.1, 0.15) is 0 Å². The van der Waals surface area contributed by atoms with Crippen LogP contribution in [0.25, 0.3) is 0 Å². The molecule has 2 fully saturated rings. The number of hydrogen-bond acceptors (Lipinski definition) is 7. The first kappa shape index (κ1) is 22.3. The Balaban J connectivity index is 1.45. The van der Waals surface area contributed by atoms with Crippen molar-refractivity contribution in [3.05, 3.63) is 11.9 Å². The summed E-state index contributed by atoms with van der Waals surface area (Å²) in [7, 11) is 0. The molecule has 5 N–H and O–H groups in total. The summed E-state index contributed by atoms with van der Waals surface area (Å²) in [6, 6.07) is 1.09. The number of unbranched alkanes of at least 4 members (excludes halogenated alkanes) is 1. The smallest absolute Gasteiger partial charge is 0.220 e. The highest BCUT2D eigenvalue weighted by Crippen LogP contribution is 2.34. The van der Waals surface area contributed by atoms with Crippen molar-refractivity contribution in [2.45, 2.75) is 56.4 Å². The summed E-state index contributed by atoms with van der Waals surface area (Å²) in [5.74, 6) is 2.48. The molecule has 7 nitrogen and oxygen atoms in total. The lowest BCUT2D eigenvalue weighted by molar-refractivity contribution is -0.121. The summed E-state index contributed by atoms with van der Waals surface area (Å²) >= 11 is 2.05. The number of carbonyl (C=O) groups is 1. The number of allylic oxidation sites excluding steroid dienone is 1. The second-order valence-electron chi connectivity index (χ2n) is 6.93. The zero-order valence-corrected chi connectivity index (χ0v) is 17.3. The molecule has 0 aromatic carbocycles. The minimum absolute atomic E-state index is 0.115. The van der Waals surface area contributed by atoms with E-state index in [0.717, 1.165) is 19.3 Å². The zero-order valence-electron chi connectivity index (χ0n) is 16.5. The van der Waals surface area contributed by atoms with Gasteiger partial charge in [-0.05, 0) is 25.3 Å². The van der Waals surface area contributed by atoms with Crippen molar-refractivity contribution in [1.82, 2.24) is 16.0 Å². The molecule has 27 heavy (non-hydrogen) atoms. The maximum absolute atomic E-state index is 11.9. The number of thioether (sulfide) groups is 1. The van der Waals surface area contributed by atoms with Crippen molar-refractivity contribution in [2.75, 3.05) is 45.3 Å². The van der Waals surface area contributed by atoms with Gasteiger partial charge in [-0.1, -0.05) is 13.3 Å². The average Bonchev–Trinajstić information content (AvgIpc) is 3.22. The Bertz CT molecular complexity index is 464. The number of fused-ring (bicyclic) bond motifs is 1. The van der Waals surface area contributed by atoms with Crippen molar-refractivity contribution in [2.24, 2.45) is 5.73 Å². The lowest BCUT2D eigenvalue weighted by atomic mass is 10.0. The molecule has 2 saturated heterocycles. The highest BCUT2D eigenvalue weighted by atomic mass is 32.2. The molecule has 0 bridgehead atoms. The summed E-state index contributed by atoms with van der Waals surface area (Å²) in [4.78, 5) is 11.9. The molecular formula is C19H36N4O3S. The first-order valence-electron chi connectivity index (χ1n) is 10.2. The van der Waals surface area contributed by atoms with Gasteiger partial charge in [0.05, 0.1) is 44.3 Å². The van der Waals surface area contributed by atoms with Gasteiger partial charge in [0.2, 0.25) is 5.91 Å². The Hall–Kier alpha value is -0.960. The Labute approximate surface area is 167 Å². The molecule has 2 aliphatic heterocycles. The fraction of sp³-hybridized carbons (Fsp3) is 0.842. The minimum atomic E-state index is 0.115. The zero-order chi connectivity index (χ0) is 19.3. The van der Waals surface area contributed by atoms with Crippen molar-refractivity contribution in [3.8, 4) is 0 Å². The van der Waals surface area contributed by atoms with Crippen LogP contribution in [0.4, 0.5) is 0 Å². The van der Waals surface area contributed by atoms with E-state index in [1.807, 2.05) is 0 Å². The maximum Gasteiger partial charge on any atom is 0.220 e. The van der Waals surface area contributed by atoms with Crippen LogP contribution in [0.3, 0.4) is 0 Å². The normalized spacial score (nSPS) is 25.3. The van der Waals surface area contributed by atoms with Crippen molar-refractivity contribution >= 4 is 17.7 Å². The van der Waals surface area contributed by atoms with Crippen LogP contribution in [0.15, 0.2) is 11.9 Å². The topological polar surface area (TPSA) is 97.6 Å². The molecule has 0 saturated carbocycles. The molecule has 0 spiro atoms. The SMILES string of the molecule is CC/C=C1\NC2CSC(CCCCC(=O)NCCOCCOCCN)C2N1. The molecule has 1 amide bonds. The number of amides is 1. The third-order valence-corrected chi connectivity index (χ3v) is 6.25. The highest BCUT2D eigenvalue weighted by molar-refractivity contribution is 8.00. The van der Waals surface area contributed by atoms with E-state index in [1.54, 1.807) is 0 Å². The van der Waals surface area contributed by atoms with Gasteiger partial charge in [-0.2, -0.15) is 11.8 Å². The number of nitrogens with one attached hydrogen (secondary N) is 3. The largest absolute Gasteiger partial charge is 0.378 e. The molecule has 2 heterocycles. The van der Waals surface area contributed by atoms with Crippen LogP contribution in [0.2, 0.25) is 0 Å². The predicted octanol–water partition coefficient (Wildman–Crippen LogP) is 0.952. The van der Waals surface area contributed by atoms with E-state index < -0.39 is 0 Å². The summed E-state index contributed by atoms with van der Waals surface area (Å²) in [6.07, 6.45) is 7.07. The number of ether oxygens (including phenoxy) is 2. The Morgan fingerprint density at radius 2 is 2.07 bits per heavy atom. The van der Waals surface area contributed by atoms with Gasteiger partial charge < -0.3 is 31.2 Å². The monoisotopic (exact) mass is 400 g/mol. The molecule has 8 heteroatoms. The molecule has 3 unspecified atom stereocenters. The Morgan fingerprint density at radius 3 is 2.85 bits per heavy atom. The second-order valence-corrected chi connectivity index (χ2v) is 8.20. The molecule has 0 aliphatic carbocycles. The van der Waals surface area contributed by atoms with Crippen LogP contribution in [-0.2, 0) is 14.3 Å². The summed E-state index contributed by atoms with van der Waals surface area (Å²) in [5.41, 5.74) is 5.33. The van der Waals surface area contributed by atoms with Gasteiger partial charge in [-0.25, -0.2) is 0 Å². The van der Waals surface area contributed by atoms with Gasteiger partial charge in [0.15, 0.2) is 0 Å². The highest BCUT2D eigenvalue weighted by Gasteiger charge is 2.40. The van der Waals surface area contributed by atoms with E-state index in [9.17, 15) is 4.79 Å². The molecule has 2 rings (SSSR count). The molecule has 2 aliphatic rings. The average molecular weight is 401 g/mol. The second kappa shape index (κ2) is 13.3. The standard InChI is InChI=1S/C19H36N4O3S/c1-2-5-17-22-15-14-27-16(19(15)23-17)6-3-4-7-18(24)21-9-11-26-13-12-25-10-8-20/h5,15-16,19,22-23H,2-4,6-14,20H2,1H3,(H,21,24)/b17-5+. The van der Waals surface area contributed by atoms with E-state index in [4.69, 9.17) is 15.2 Å². The van der Waals surface area contributed by atoms with Crippen LogP contribution in [-0.4, -0.2) is 68.5 Å². The number of hydrogen-bond donors (Lipinski definition) is 4. The number of rotatable bonds is 14. The molecule has 0 aromatic rings. The molecule has 0 radical (unpaired) electrons. The summed E-state index contributed by atoms with van der Waals surface area (Å²) in [6.45, 7) is 5.41. The third kappa shape index (κ3) is 8.29. The molecular weight excluding hydrogens is 364 g/mol. The van der Waals surface area contributed by atoms with Crippen LogP contribution < -0.4 is 21.7 Å². The van der Waals surface area contributed by atoms with Crippen molar-refractivity contribution in [1.29, 1.82) is 0 Å². The van der Waals surface area contributed by atoms with E-state index >= 15 is 0 Å². The maximum atomic E-state index is 11.9. The van der Waals surface area contributed by atoms with Crippen molar-refractivity contribution in [3.63, 3.8) is 0 Å². The lowest BCUT2D eigenvalue weighted by Crippen LogP contribution is -2.36. The van der Waals surface area contributed by atoms with Crippen molar-refractivity contribution < 1.29 is 14.3 Å². The van der Waals surface area contributed by atoms with Gasteiger partial charge in [0.25, 0.3) is 0 Å². The van der Waals surface area contributed by atoms with Crippen LogP contribution >= 0.6 is 11.8 Å². The molecule has 0 aromatic heterocycles. The molecule has 3 atom stereocenters. The van der Waals surface area contributed by atoms with E-state index in [2.05, 4.69) is 40.7 Å². The quantitative estimate of drug-likeness (QED) is 0.322.